The third-order valence-corrected chi connectivity index (χ3v) is 21.1. The molecule has 2 heterocycles. The molecular formula is C78H58N2S. The van der Waals surface area contributed by atoms with E-state index in [-0.39, 0.29) is 21.7 Å². The Labute approximate surface area is 477 Å². The Bertz CT molecular complexity index is 4690. The van der Waals surface area contributed by atoms with Crippen LogP contribution in [0.5, 0.6) is 0 Å². The topological polar surface area (TPSA) is 25.8 Å². The van der Waals surface area contributed by atoms with Gasteiger partial charge in [0.05, 0.1) is 20.8 Å². The van der Waals surface area contributed by atoms with Gasteiger partial charge in [-0.3, -0.25) is 0 Å². The van der Waals surface area contributed by atoms with Crippen LogP contribution in [0.15, 0.2) is 206 Å². The Morgan fingerprint density at radius 1 is 0.247 bits per heavy atom. The molecule has 81 heavy (non-hydrogen) atoms. The van der Waals surface area contributed by atoms with E-state index in [4.69, 9.17) is 9.97 Å². The highest BCUT2D eigenvalue weighted by molar-refractivity contribution is 7.21. The monoisotopic (exact) mass is 1050 g/mol. The minimum absolute atomic E-state index is 0.117. The van der Waals surface area contributed by atoms with Gasteiger partial charge in [-0.05, 0) is 134 Å². The van der Waals surface area contributed by atoms with E-state index < -0.39 is 0 Å². The molecule has 17 rings (SSSR count). The fraction of sp³-hybridized carbons (Fsp3) is 0.154. The first-order chi connectivity index (χ1) is 39.2. The maximum absolute atomic E-state index is 6.09. The van der Waals surface area contributed by atoms with Gasteiger partial charge in [0.15, 0.2) is 0 Å². The lowest BCUT2D eigenvalue weighted by atomic mass is 9.81. The van der Waals surface area contributed by atoms with Gasteiger partial charge in [-0.25, -0.2) is 9.97 Å². The summed E-state index contributed by atoms with van der Waals surface area (Å²) in [6, 6.07) is 78.3. The molecule has 0 radical (unpaired) electrons. The van der Waals surface area contributed by atoms with Gasteiger partial charge < -0.3 is 0 Å². The van der Waals surface area contributed by atoms with Gasteiger partial charge in [-0.1, -0.05) is 250 Å². The van der Waals surface area contributed by atoms with Gasteiger partial charge in [0, 0.05) is 43.6 Å². The van der Waals surface area contributed by atoms with Crippen LogP contribution in [0.25, 0.3) is 131 Å². The molecule has 4 aliphatic rings. The first-order valence-corrected chi connectivity index (χ1v) is 29.6. The lowest BCUT2D eigenvalue weighted by Gasteiger charge is -2.22. The summed E-state index contributed by atoms with van der Waals surface area (Å²) < 4.78 is 0. The third-order valence-electron chi connectivity index (χ3n) is 19.9. The molecule has 3 heteroatoms. The van der Waals surface area contributed by atoms with E-state index in [9.17, 15) is 0 Å². The lowest BCUT2D eigenvalue weighted by Crippen LogP contribution is -2.14. The van der Waals surface area contributed by atoms with Crippen molar-refractivity contribution in [2.75, 3.05) is 0 Å². The second-order valence-corrected chi connectivity index (χ2v) is 26.5. The van der Waals surface area contributed by atoms with Crippen molar-refractivity contribution in [1.29, 1.82) is 0 Å². The molecule has 2 aromatic heterocycles. The number of fused-ring (bicyclic) bond motifs is 19. The molecule has 13 aromatic rings. The predicted octanol–water partition coefficient (Wildman–Crippen LogP) is 21.0. The summed E-state index contributed by atoms with van der Waals surface area (Å²) in [5.74, 6) is 0. The van der Waals surface area contributed by atoms with Crippen molar-refractivity contribution < 1.29 is 0 Å². The number of hydrogen-bond donors (Lipinski definition) is 0. The second kappa shape index (κ2) is 16.0. The second-order valence-electron chi connectivity index (χ2n) is 25.5. The molecule has 11 aromatic carbocycles. The van der Waals surface area contributed by atoms with Crippen LogP contribution in [-0.2, 0) is 21.7 Å². The molecule has 0 saturated carbocycles. The Kier molecular flexibility index (Phi) is 9.30. The van der Waals surface area contributed by atoms with E-state index >= 15 is 0 Å². The fourth-order valence-electron chi connectivity index (χ4n) is 15.9. The zero-order valence-electron chi connectivity index (χ0n) is 46.9. The average Bonchev–Trinajstić information content (AvgIpc) is 4.40. The van der Waals surface area contributed by atoms with Gasteiger partial charge in [-0.15, -0.1) is 11.3 Å². The Balaban J connectivity index is 0.992. The number of rotatable bonds is 4. The minimum atomic E-state index is -0.159. The molecule has 2 nitrogen and oxygen atoms in total. The maximum atomic E-state index is 6.09. The van der Waals surface area contributed by atoms with Crippen LogP contribution >= 0.6 is 11.3 Å². The highest BCUT2D eigenvalue weighted by Crippen LogP contribution is 2.59. The molecule has 386 valence electrons. The molecule has 0 atom stereocenters. The number of aromatic nitrogens is 2. The van der Waals surface area contributed by atoms with Crippen molar-refractivity contribution in [2.24, 2.45) is 0 Å². The van der Waals surface area contributed by atoms with Gasteiger partial charge >= 0.3 is 0 Å². The summed E-state index contributed by atoms with van der Waals surface area (Å²) in [6.07, 6.45) is 0. The SMILES string of the molecule is CC1(C)c2ccccc2-c2c(-c3ccc4c(c3)c3cc(-c5cccc6c5-c5ccccc5C6(C)C)ccc3c3nc5c(-c6cccc7c6-c6ccccc6C7(C)C)sc(-c6cccc7c6-c6ccccc6C7(C)C)c5nc43)cccc21. The van der Waals surface area contributed by atoms with Crippen LogP contribution in [0, 0.1) is 0 Å². The standard InChI is InChI=1S/C78H58N2S/c1-75(2)57-29-13-9-21-49(57)65-45(25-17-33-61(65)75)43-37-39-47-55(41-43)56-42-44(46-26-18-34-62-66(46)50-22-10-14-30-58(50)76(62,3)4)38-40-48(56)70-69(47)79-71-72(80-70)74(54-28-20-36-64-68(54)52-24-12-16-32-60(52)78(64,7)8)81-73(71)53-27-19-35-63-67(53)51-23-11-15-31-59(51)77(63,5)6/h9-42H,1-8H3. The van der Waals surface area contributed by atoms with Gasteiger partial charge in [-0.2, -0.15) is 0 Å². The number of nitrogens with zero attached hydrogens (tertiary/aromatic N) is 2. The normalized spacial score (nSPS) is 15.8. The number of benzene rings is 11. The van der Waals surface area contributed by atoms with Gasteiger partial charge in [0.1, 0.15) is 11.0 Å². The molecule has 0 fully saturated rings. The Hall–Kier alpha value is -8.76. The van der Waals surface area contributed by atoms with Crippen LogP contribution in [0.3, 0.4) is 0 Å². The molecule has 0 amide bonds. The predicted molar refractivity (Wildman–Crippen MR) is 342 cm³/mol. The summed E-state index contributed by atoms with van der Waals surface area (Å²) >= 11 is 1.87. The van der Waals surface area contributed by atoms with E-state index in [0.717, 1.165) is 42.6 Å². The van der Waals surface area contributed by atoms with Crippen LogP contribution in [-0.4, -0.2) is 9.97 Å². The van der Waals surface area contributed by atoms with E-state index in [0.29, 0.717) is 0 Å². The van der Waals surface area contributed by atoms with Crippen molar-refractivity contribution in [3.8, 4) is 87.6 Å². The Morgan fingerprint density at radius 2 is 0.519 bits per heavy atom. The summed E-state index contributed by atoms with van der Waals surface area (Å²) in [4.78, 5) is 14.5. The molecular weight excluding hydrogens is 997 g/mol. The van der Waals surface area contributed by atoms with Crippen molar-refractivity contribution >= 4 is 54.9 Å². The van der Waals surface area contributed by atoms with Gasteiger partial charge in [0.25, 0.3) is 0 Å². The van der Waals surface area contributed by atoms with Crippen LogP contribution in [0.2, 0.25) is 0 Å². The average molecular weight is 1060 g/mol. The third kappa shape index (κ3) is 6.07. The molecule has 0 saturated heterocycles. The van der Waals surface area contributed by atoms with Gasteiger partial charge in [0.2, 0.25) is 0 Å². The largest absolute Gasteiger partial charge is 0.242 e. The molecule has 0 aliphatic heterocycles. The number of thiophene rings is 1. The lowest BCUT2D eigenvalue weighted by molar-refractivity contribution is 0.660. The summed E-state index contributed by atoms with van der Waals surface area (Å²) in [5, 5.41) is 4.56. The van der Waals surface area contributed by atoms with Crippen LogP contribution in [0.1, 0.15) is 99.9 Å². The van der Waals surface area contributed by atoms with Crippen molar-refractivity contribution in [1.82, 2.24) is 9.97 Å². The highest BCUT2D eigenvalue weighted by Gasteiger charge is 2.41. The van der Waals surface area contributed by atoms with E-state index in [1.54, 1.807) is 0 Å². The van der Waals surface area contributed by atoms with E-state index in [2.05, 4.69) is 262 Å². The maximum Gasteiger partial charge on any atom is 0.109 e. The molecule has 0 spiro atoms. The Morgan fingerprint density at radius 3 is 0.852 bits per heavy atom. The first-order valence-electron chi connectivity index (χ1n) is 28.8. The zero-order chi connectivity index (χ0) is 54.6. The van der Waals surface area contributed by atoms with Crippen LogP contribution < -0.4 is 0 Å². The molecule has 4 aliphatic carbocycles. The van der Waals surface area contributed by atoms with Crippen molar-refractivity contribution in [3.63, 3.8) is 0 Å². The quantitative estimate of drug-likeness (QED) is 0.164. The molecule has 0 unspecified atom stereocenters. The highest BCUT2D eigenvalue weighted by atomic mass is 32.1. The summed E-state index contributed by atoms with van der Waals surface area (Å²) in [6.45, 7) is 19.0. The summed E-state index contributed by atoms with van der Waals surface area (Å²) in [7, 11) is 0. The zero-order valence-corrected chi connectivity index (χ0v) is 47.7. The summed E-state index contributed by atoms with van der Waals surface area (Å²) in [5.41, 5.74) is 32.0. The molecule has 0 N–H and O–H groups in total. The van der Waals surface area contributed by atoms with Crippen molar-refractivity contribution in [3.05, 3.63) is 251 Å². The fourth-order valence-corrected chi connectivity index (χ4v) is 17.1. The smallest absolute Gasteiger partial charge is 0.109 e. The minimum Gasteiger partial charge on any atom is -0.242 e. The van der Waals surface area contributed by atoms with E-state index in [1.807, 2.05) is 11.3 Å². The van der Waals surface area contributed by atoms with Crippen LogP contribution in [0.4, 0.5) is 0 Å². The molecule has 0 bridgehead atoms. The van der Waals surface area contributed by atoms with Crippen molar-refractivity contribution in [2.45, 2.75) is 77.0 Å². The van der Waals surface area contributed by atoms with E-state index in [1.165, 1.54) is 133 Å². The number of hydrogen-bond acceptors (Lipinski definition) is 3. The first kappa shape index (κ1) is 47.1.